The zero-order chi connectivity index (χ0) is 13.7. The van der Waals surface area contributed by atoms with E-state index in [9.17, 15) is 0 Å². The number of ether oxygens (including phenoxy) is 1. The Morgan fingerprint density at radius 1 is 1.35 bits per heavy atom. The molecule has 0 saturated carbocycles. The van der Waals surface area contributed by atoms with Gasteiger partial charge in [-0.1, -0.05) is 12.1 Å². The summed E-state index contributed by atoms with van der Waals surface area (Å²) in [7, 11) is 2.06. The Hall–Kier alpha value is -0.770. The lowest BCUT2D eigenvalue weighted by Crippen LogP contribution is -2.45. The van der Waals surface area contributed by atoms with Gasteiger partial charge in [0.15, 0.2) is 0 Å². The molecule has 1 N–H and O–H groups in total. The van der Waals surface area contributed by atoms with Crippen molar-refractivity contribution in [3.63, 3.8) is 0 Å². The molecule has 114 valence electrons. The molecule has 0 bridgehead atoms. The molecule has 0 amide bonds. The molecular weight excluding hydrogens is 272 g/mol. The van der Waals surface area contributed by atoms with Crippen LogP contribution < -0.4 is 10.1 Å². The molecule has 1 aromatic carbocycles. The average Bonchev–Trinajstić information content (AvgIpc) is 2.43. The van der Waals surface area contributed by atoms with Crippen LogP contribution in [-0.4, -0.2) is 44.2 Å². The lowest BCUT2D eigenvalue weighted by molar-refractivity contribution is 0.162. The number of hydrogen-bond donors (Lipinski definition) is 1. The first-order chi connectivity index (χ1) is 9.19. The molecule has 1 unspecified atom stereocenters. The normalized spacial score (nSPS) is 19.4. The molecule has 1 atom stereocenters. The van der Waals surface area contributed by atoms with Crippen LogP contribution in [0.2, 0.25) is 0 Å². The van der Waals surface area contributed by atoms with Gasteiger partial charge in [-0.2, -0.15) is 0 Å². The number of nitrogens with one attached hydrogen (secondary N) is 1. The van der Waals surface area contributed by atoms with E-state index in [1.165, 1.54) is 30.5 Å². The largest absolute Gasteiger partial charge is 0.492 e. The second-order valence-electron chi connectivity index (χ2n) is 5.55. The fourth-order valence-electron chi connectivity index (χ4n) is 2.64. The van der Waals surface area contributed by atoms with Gasteiger partial charge in [-0.15, -0.1) is 12.4 Å². The molecule has 0 aliphatic carbocycles. The quantitative estimate of drug-likeness (QED) is 0.905. The van der Waals surface area contributed by atoms with E-state index in [0.717, 1.165) is 25.4 Å². The molecule has 0 aromatic heterocycles. The van der Waals surface area contributed by atoms with Gasteiger partial charge < -0.3 is 10.1 Å². The van der Waals surface area contributed by atoms with E-state index in [-0.39, 0.29) is 12.4 Å². The summed E-state index contributed by atoms with van der Waals surface area (Å²) in [5.74, 6) is 1.03. The summed E-state index contributed by atoms with van der Waals surface area (Å²) in [5, 5.41) is 3.38. The highest BCUT2D eigenvalue weighted by Crippen LogP contribution is 2.19. The third kappa shape index (κ3) is 4.97. The first-order valence-corrected chi connectivity index (χ1v) is 7.28. The molecule has 20 heavy (non-hydrogen) atoms. The number of rotatable bonds is 5. The molecule has 1 heterocycles. The van der Waals surface area contributed by atoms with E-state index in [4.69, 9.17) is 4.74 Å². The molecule has 1 aromatic rings. The Labute approximate surface area is 129 Å². The zero-order valence-electron chi connectivity index (χ0n) is 12.8. The van der Waals surface area contributed by atoms with E-state index in [2.05, 4.69) is 49.3 Å². The lowest BCUT2D eigenvalue weighted by atomic mass is 10.1. The number of likely N-dealkylation sites (N-methyl/N-ethyl adjacent to an activating group) is 1. The number of benzene rings is 1. The molecule has 1 aliphatic heterocycles. The van der Waals surface area contributed by atoms with Gasteiger partial charge in [-0.3, -0.25) is 4.90 Å². The van der Waals surface area contributed by atoms with E-state index >= 15 is 0 Å². The standard InChI is InChI=1S/C16H26N2O.ClH/c1-13-6-7-14(2)16(11-13)19-10-9-18-8-4-5-15(12-18)17-3;/h6-7,11,15,17H,4-5,8-10,12H2,1-3H3;1H. The molecule has 2 rings (SSSR count). The molecular formula is C16H27ClN2O. The van der Waals surface area contributed by atoms with Crippen LogP contribution in [-0.2, 0) is 0 Å². The van der Waals surface area contributed by atoms with Gasteiger partial charge in [0.1, 0.15) is 12.4 Å². The molecule has 1 fully saturated rings. The Morgan fingerprint density at radius 2 is 2.15 bits per heavy atom. The number of piperidine rings is 1. The van der Waals surface area contributed by atoms with Crippen molar-refractivity contribution in [2.24, 2.45) is 0 Å². The van der Waals surface area contributed by atoms with Crippen LogP contribution in [0.25, 0.3) is 0 Å². The van der Waals surface area contributed by atoms with E-state index in [1.807, 2.05) is 0 Å². The van der Waals surface area contributed by atoms with E-state index in [1.54, 1.807) is 0 Å². The van der Waals surface area contributed by atoms with Crippen LogP contribution in [0.5, 0.6) is 5.75 Å². The smallest absolute Gasteiger partial charge is 0.122 e. The molecule has 0 spiro atoms. The predicted molar refractivity (Wildman–Crippen MR) is 87.2 cm³/mol. The van der Waals surface area contributed by atoms with Crippen molar-refractivity contribution in [1.82, 2.24) is 10.2 Å². The number of aryl methyl sites for hydroxylation is 2. The minimum Gasteiger partial charge on any atom is -0.492 e. The SMILES string of the molecule is CNC1CCCN(CCOc2cc(C)ccc2C)C1.Cl. The monoisotopic (exact) mass is 298 g/mol. The maximum Gasteiger partial charge on any atom is 0.122 e. The summed E-state index contributed by atoms with van der Waals surface area (Å²) in [5.41, 5.74) is 2.48. The third-order valence-corrected chi connectivity index (χ3v) is 3.92. The van der Waals surface area contributed by atoms with Crippen molar-refractivity contribution in [3.8, 4) is 5.75 Å². The fraction of sp³-hybridized carbons (Fsp3) is 0.625. The number of likely N-dealkylation sites (tertiary alicyclic amines) is 1. The van der Waals surface area contributed by atoms with Gasteiger partial charge in [0.2, 0.25) is 0 Å². The Morgan fingerprint density at radius 3 is 2.90 bits per heavy atom. The van der Waals surface area contributed by atoms with Crippen LogP contribution in [0.4, 0.5) is 0 Å². The fourth-order valence-corrected chi connectivity index (χ4v) is 2.64. The molecule has 3 nitrogen and oxygen atoms in total. The highest BCUT2D eigenvalue weighted by Gasteiger charge is 2.17. The summed E-state index contributed by atoms with van der Waals surface area (Å²) in [4.78, 5) is 2.50. The van der Waals surface area contributed by atoms with Crippen molar-refractivity contribution >= 4 is 12.4 Å². The predicted octanol–water partition coefficient (Wildman–Crippen LogP) is 2.79. The Balaban J connectivity index is 0.00000200. The lowest BCUT2D eigenvalue weighted by Gasteiger charge is -2.32. The maximum atomic E-state index is 5.93. The summed E-state index contributed by atoms with van der Waals surface area (Å²) in [6.07, 6.45) is 2.58. The van der Waals surface area contributed by atoms with Crippen molar-refractivity contribution in [2.45, 2.75) is 32.7 Å². The van der Waals surface area contributed by atoms with Crippen molar-refractivity contribution in [3.05, 3.63) is 29.3 Å². The summed E-state index contributed by atoms with van der Waals surface area (Å²) in [6, 6.07) is 7.03. The highest BCUT2D eigenvalue weighted by atomic mass is 35.5. The van der Waals surface area contributed by atoms with Gasteiger partial charge >= 0.3 is 0 Å². The van der Waals surface area contributed by atoms with Gasteiger partial charge in [0, 0.05) is 19.1 Å². The maximum absolute atomic E-state index is 5.93. The van der Waals surface area contributed by atoms with E-state index < -0.39 is 0 Å². The van der Waals surface area contributed by atoms with Crippen molar-refractivity contribution in [1.29, 1.82) is 0 Å². The van der Waals surface area contributed by atoms with E-state index in [0.29, 0.717) is 6.04 Å². The van der Waals surface area contributed by atoms with Crippen LogP contribution in [0.3, 0.4) is 0 Å². The Kier molecular flexibility index (Phi) is 7.35. The van der Waals surface area contributed by atoms with Gasteiger partial charge in [0.05, 0.1) is 0 Å². The minimum atomic E-state index is 0. The molecule has 1 saturated heterocycles. The number of halogens is 1. The second-order valence-corrected chi connectivity index (χ2v) is 5.55. The topological polar surface area (TPSA) is 24.5 Å². The summed E-state index contributed by atoms with van der Waals surface area (Å²) >= 11 is 0. The second kappa shape index (κ2) is 8.50. The third-order valence-electron chi connectivity index (χ3n) is 3.92. The first-order valence-electron chi connectivity index (χ1n) is 7.28. The zero-order valence-corrected chi connectivity index (χ0v) is 13.6. The van der Waals surface area contributed by atoms with Crippen LogP contribution >= 0.6 is 12.4 Å². The summed E-state index contributed by atoms with van der Waals surface area (Å²) in [6.45, 7) is 8.36. The summed E-state index contributed by atoms with van der Waals surface area (Å²) < 4.78 is 5.93. The number of nitrogens with zero attached hydrogens (tertiary/aromatic N) is 1. The van der Waals surface area contributed by atoms with Crippen molar-refractivity contribution < 1.29 is 4.74 Å². The average molecular weight is 299 g/mol. The minimum absolute atomic E-state index is 0. The van der Waals surface area contributed by atoms with Crippen molar-refractivity contribution in [2.75, 3.05) is 33.3 Å². The van der Waals surface area contributed by atoms with Crippen LogP contribution in [0.15, 0.2) is 18.2 Å². The van der Waals surface area contributed by atoms with Gasteiger partial charge in [-0.05, 0) is 57.5 Å². The molecule has 1 aliphatic rings. The van der Waals surface area contributed by atoms with Gasteiger partial charge in [0.25, 0.3) is 0 Å². The Bertz CT molecular complexity index is 411. The molecule has 4 heteroatoms. The molecule has 0 radical (unpaired) electrons. The first kappa shape index (κ1) is 17.3. The van der Waals surface area contributed by atoms with Crippen LogP contribution in [0.1, 0.15) is 24.0 Å². The number of hydrogen-bond acceptors (Lipinski definition) is 3. The highest BCUT2D eigenvalue weighted by molar-refractivity contribution is 5.85. The van der Waals surface area contributed by atoms with Gasteiger partial charge in [-0.25, -0.2) is 0 Å². The van der Waals surface area contributed by atoms with Crippen LogP contribution in [0, 0.1) is 13.8 Å².